The van der Waals surface area contributed by atoms with E-state index < -0.39 is 0 Å². The number of benzene rings is 2. The van der Waals surface area contributed by atoms with Crippen LogP contribution in [0.1, 0.15) is 37.3 Å². The molecule has 0 saturated heterocycles. The van der Waals surface area contributed by atoms with Crippen molar-refractivity contribution in [3.05, 3.63) is 77.4 Å². The Hall–Kier alpha value is -1.42. The van der Waals surface area contributed by atoms with Crippen molar-refractivity contribution < 1.29 is 28.6 Å². The Balaban J connectivity index is 0.00000192. The number of hydrogen-bond donors (Lipinski definition) is 0. The highest BCUT2D eigenvalue weighted by Crippen LogP contribution is 2.22. The topological polar surface area (TPSA) is 3.01 Å². The zero-order chi connectivity index (χ0) is 15.2. The van der Waals surface area contributed by atoms with E-state index in [1.54, 1.807) is 0 Å². The molecule has 2 aromatic rings. The van der Waals surface area contributed by atoms with Gasteiger partial charge in [0.15, 0.2) is 0 Å². The summed E-state index contributed by atoms with van der Waals surface area (Å²) >= 11 is 0. The van der Waals surface area contributed by atoms with Crippen LogP contribution in [-0.2, 0) is 0 Å². The van der Waals surface area contributed by atoms with Crippen molar-refractivity contribution in [2.75, 3.05) is 13.1 Å². The van der Waals surface area contributed by atoms with Crippen molar-refractivity contribution in [2.45, 2.75) is 26.2 Å². The standard InChI is InChI=1S/C21H24N.HI/c1-2-3-15-22-16-14-20(17-18-10-6-4-7-11-18)21(22)19-12-8-5-9-13-19;/h4-13,17H,2-3,14-16H2,1H3;1H/q+1;/p-1/b20-17-;. The van der Waals surface area contributed by atoms with Crippen LogP contribution in [0, 0.1) is 0 Å². The number of rotatable bonds is 5. The van der Waals surface area contributed by atoms with Crippen LogP contribution in [0.5, 0.6) is 0 Å². The lowest BCUT2D eigenvalue weighted by Crippen LogP contribution is -3.00. The largest absolute Gasteiger partial charge is 1.00 e. The van der Waals surface area contributed by atoms with Gasteiger partial charge in [-0.2, -0.15) is 0 Å². The van der Waals surface area contributed by atoms with Crippen LogP contribution in [0.3, 0.4) is 0 Å². The minimum Gasteiger partial charge on any atom is -1.00 e. The first-order valence-corrected chi connectivity index (χ1v) is 8.32. The van der Waals surface area contributed by atoms with Gasteiger partial charge in [-0.05, 0) is 23.8 Å². The molecule has 0 aliphatic carbocycles. The molecule has 1 aliphatic rings. The third-order valence-electron chi connectivity index (χ3n) is 4.24. The molecule has 1 aliphatic heterocycles. The Morgan fingerprint density at radius 2 is 1.61 bits per heavy atom. The molecule has 1 heterocycles. The quantitative estimate of drug-likeness (QED) is 0.516. The van der Waals surface area contributed by atoms with E-state index in [4.69, 9.17) is 0 Å². The van der Waals surface area contributed by atoms with Crippen LogP contribution in [0.4, 0.5) is 0 Å². The second-order valence-electron chi connectivity index (χ2n) is 5.89. The monoisotopic (exact) mass is 417 g/mol. The Morgan fingerprint density at radius 1 is 0.957 bits per heavy atom. The third-order valence-corrected chi connectivity index (χ3v) is 4.24. The highest BCUT2D eigenvalue weighted by Gasteiger charge is 2.28. The summed E-state index contributed by atoms with van der Waals surface area (Å²) in [4.78, 5) is 0. The molecule has 0 N–H and O–H groups in total. The molecular formula is C21H24IN. The van der Waals surface area contributed by atoms with E-state index in [1.165, 1.54) is 35.3 Å². The molecule has 1 nitrogen and oxygen atoms in total. The molecule has 0 spiro atoms. The van der Waals surface area contributed by atoms with Crippen molar-refractivity contribution in [1.82, 2.24) is 0 Å². The molecule has 0 fully saturated rings. The van der Waals surface area contributed by atoms with E-state index in [9.17, 15) is 0 Å². The van der Waals surface area contributed by atoms with Gasteiger partial charge in [-0.3, -0.25) is 0 Å². The first kappa shape index (κ1) is 17.9. The fourth-order valence-corrected chi connectivity index (χ4v) is 3.12. The third kappa shape index (κ3) is 4.54. The van der Waals surface area contributed by atoms with Gasteiger partial charge < -0.3 is 24.0 Å². The van der Waals surface area contributed by atoms with Crippen molar-refractivity contribution >= 4 is 11.8 Å². The summed E-state index contributed by atoms with van der Waals surface area (Å²) in [6, 6.07) is 21.5. The van der Waals surface area contributed by atoms with Crippen LogP contribution in [-0.4, -0.2) is 23.4 Å². The van der Waals surface area contributed by atoms with Gasteiger partial charge in [-0.1, -0.05) is 61.9 Å². The van der Waals surface area contributed by atoms with Gasteiger partial charge in [-0.15, -0.1) is 0 Å². The van der Waals surface area contributed by atoms with Gasteiger partial charge in [0.25, 0.3) is 0 Å². The van der Waals surface area contributed by atoms with E-state index in [0.717, 1.165) is 19.5 Å². The number of unbranched alkanes of at least 4 members (excludes halogenated alkanes) is 1. The summed E-state index contributed by atoms with van der Waals surface area (Å²) in [5.41, 5.74) is 5.54. The molecule has 3 rings (SSSR count). The lowest BCUT2D eigenvalue weighted by Gasteiger charge is -2.04. The summed E-state index contributed by atoms with van der Waals surface area (Å²) in [5.74, 6) is 0. The summed E-state index contributed by atoms with van der Waals surface area (Å²) in [6.45, 7) is 4.56. The van der Waals surface area contributed by atoms with Crippen LogP contribution in [0.2, 0.25) is 0 Å². The van der Waals surface area contributed by atoms with Crippen molar-refractivity contribution in [1.29, 1.82) is 0 Å². The van der Waals surface area contributed by atoms with Crippen LogP contribution in [0.25, 0.3) is 6.08 Å². The molecule has 23 heavy (non-hydrogen) atoms. The number of nitrogens with zero attached hydrogens (tertiary/aromatic N) is 1. The van der Waals surface area contributed by atoms with E-state index >= 15 is 0 Å². The fraction of sp³-hybridized carbons (Fsp3) is 0.286. The van der Waals surface area contributed by atoms with Gasteiger partial charge in [0.05, 0.1) is 0 Å². The zero-order valence-corrected chi connectivity index (χ0v) is 15.9. The molecule has 2 heteroatoms. The SMILES string of the molecule is CCCC[N+]1=C(c2ccccc2)/C(=C\c2ccccc2)CC1.[I-]. The summed E-state index contributed by atoms with van der Waals surface area (Å²) in [5, 5.41) is 0. The Kier molecular flexibility index (Phi) is 7.03. The molecule has 120 valence electrons. The van der Waals surface area contributed by atoms with Gasteiger partial charge in [-0.25, -0.2) is 4.58 Å². The molecule has 0 aromatic heterocycles. The maximum absolute atomic E-state index is 2.56. The van der Waals surface area contributed by atoms with Gasteiger partial charge in [0.2, 0.25) is 5.71 Å². The molecule has 0 unspecified atom stereocenters. The van der Waals surface area contributed by atoms with Crippen molar-refractivity contribution in [2.24, 2.45) is 0 Å². The van der Waals surface area contributed by atoms with Crippen molar-refractivity contribution in [3.8, 4) is 0 Å². The highest BCUT2D eigenvalue weighted by atomic mass is 127. The van der Waals surface area contributed by atoms with E-state index in [1.807, 2.05) is 0 Å². The molecule has 0 atom stereocenters. The Morgan fingerprint density at radius 3 is 2.26 bits per heavy atom. The van der Waals surface area contributed by atoms with Gasteiger partial charge in [0, 0.05) is 24.0 Å². The summed E-state index contributed by atoms with van der Waals surface area (Å²) in [7, 11) is 0. The predicted octanol–water partition coefficient (Wildman–Crippen LogP) is 1.78. The normalized spacial score (nSPS) is 15.8. The zero-order valence-electron chi connectivity index (χ0n) is 13.7. The lowest BCUT2D eigenvalue weighted by molar-refractivity contribution is -0.520. The first-order chi connectivity index (χ1) is 10.9. The van der Waals surface area contributed by atoms with Crippen LogP contribution >= 0.6 is 0 Å². The maximum Gasteiger partial charge on any atom is 0.210 e. The number of halogens is 1. The second kappa shape index (κ2) is 9.02. The highest BCUT2D eigenvalue weighted by molar-refractivity contribution is 6.12. The molecule has 0 radical (unpaired) electrons. The number of hydrogen-bond acceptors (Lipinski definition) is 0. The molecule has 0 amide bonds. The van der Waals surface area contributed by atoms with Crippen molar-refractivity contribution in [3.63, 3.8) is 0 Å². The molecule has 2 aromatic carbocycles. The van der Waals surface area contributed by atoms with E-state index in [0.29, 0.717) is 0 Å². The van der Waals surface area contributed by atoms with Gasteiger partial charge >= 0.3 is 0 Å². The Labute approximate surface area is 156 Å². The fourth-order valence-electron chi connectivity index (χ4n) is 3.12. The summed E-state index contributed by atoms with van der Waals surface area (Å²) < 4.78 is 2.56. The Bertz CT molecular complexity index is 672. The summed E-state index contributed by atoms with van der Waals surface area (Å²) in [6.07, 6.45) is 6.00. The van der Waals surface area contributed by atoms with Crippen LogP contribution < -0.4 is 24.0 Å². The van der Waals surface area contributed by atoms with E-state index in [2.05, 4.69) is 78.2 Å². The van der Waals surface area contributed by atoms with Gasteiger partial charge in [0.1, 0.15) is 13.1 Å². The average Bonchev–Trinajstić information content (AvgIpc) is 2.97. The lowest BCUT2D eigenvalue weighted by atomic mass is 10.00. The average molecular weight is 417 g/mol. The van der Waals surface area contributed by atoms with Crippen LogP contribution in [0.15, 0.2) is 66.2 Å². The maximum atomic E-state index is 2.56. The molecule has 0 bridgehead atoms. The minimum atomic E-state index is 0. The van der Waals surface area contributed by atoms with E-state index in [-0.39, 0.29) is 24.0 Å². The smallest absolute Gasteiger partial charge is 0.210 e. The second-order valence-corrected chi connectivity index (χ2v) is 5.89. The first-order valence-electron chi connectivity index (χ1n) is 8.32. The minimum absolute atomic E-state index is 0. The molecule has 0 saturated carbocycles. The molecular weight excluding hydrogens is 393 g/mol. The predicted molar refractivity (Wildman–Crippen MR) is 94.5 cm³/mol.